The number of allylic oxidation sites excluding steroid dienone is 2. The Morgan fingerprint density at radius 3 is 2.42 bits per heavy atom. The molecular formula is C28H25BrN2O5. The largest absolute Gasteiger partial charge is 0.491 e. The summed E-state index contributed by atoms with van der Waals surface area (Å²) in [5.41, 5.74) is 4.18. The van der Waals surface area contributed by atoms with Gasteiger partial charge in [-0.05, 0) is 47.5 Å². The van der Waals surface area contributed by atoms with E-state index < -0.39 is 4.92 Å². The Kier molecular flexibility index (Phi) is 8.65. The number of anilines is 1. The van der Waals surface area contributed by atoms with E-state index in [9.17, 15) is 14.9 Å². The first-order valence-electron chi connectivity index (χ1n) is 11.5. The van der Waals surface area contributed by atoms with Crippen molar-refractivity contribution >= 4 is 44.9 Å². The van der Waals surface area contributed by atoms with Crippen LogP contribution in [0.2, 0.25) is 0 Å². The van der Waals surface area contributed by atoms with Gasteiger partial charge < -0.3 is 14.4 Å². The number of rotatable bonds is 11. The first-order chi connectivity index (χ1) is 17.6. The molecule has 0 saturated carbocycles. The number of non-ortho nitro benzene ring substituents is 1. The fourth-order valence-corrected chi connectivity index (χ4v) is 4.07. The van der Waals surface area contributed by atoms with Crippen LogP contribution in [0.4, 0.5) is 11.4 Å². The highest BCUT2D eigenvalue weighted by atomic mass is 79.9. The summed E-state index contributed by atoms with van der Waals surface area (Å²) < 4.78 is 11.1. The van der Waals surface area contributed by atoms with Gasteiger partial charge in [-0.25, -0.2) is 0 Å². The molecule has 0 radical (unpaired) electrons. The third-order valence-electron chi connectivity index (χ3n) is 5.60. The minimum Gasteiger partial charge on any atom is -0.491 e. The number of carbonyl (C=O) groups is 1. The summed E-state index contributed by atoms with van der Waals surface area (Å²) in [6.45, 7) is 2.09. The second-order valence-corrected chi connectivity index (χ2v) is 8.78. The van der Waals surface area contributed by atoms with Crippen LogP contribution in [0, 0.1) is 10.1 Å². The zero-order valence-electron chi connectivity index (χ0n) is 19.5. The first kappa shape index (κ1) is 25.3. The first-order valence-corrected chi connectivity index (χ1v) is 12.6. The molecule has 1 aliphatic heterocycles. The van der Waals surface area contributed by atoms with Crippen molar-refractivity contribution in [1.29, 1.82) is 0 Å². The standard InChI is InChI=1S/C28H25BrN2O5/c29-16-17-35-18-19-36-24-14-10-22(11-15-24)20-30-27-7-2-1-5-25(27)26(28(30)32)6-3-4-21-8-12-23(13-9-21)31(33)34/h1-15H,16-20H2/b4-3+,26-6?. The van der Waals surface area contributed by atoms with E-state index in [1.54, 1.807) is 29.2 Å². The lowest BCUT2D eigenvalue weighted by molar-refractivity contribution is -0.384. The maximum absolute atomic E-state index is 13.3. The van der Waals surface area contributed by atoms with Crippen molar-refractivity contribution in [2.24, 2.45) is 0 Å². The molecule has 0 atom stereocenters. The maximum Gasteiger partial charge on any atom is 0.269 e. The number of nitro benzene ring substituents is 1. The average Bonchev–Trinajstić information content (AvgIpc) is 3.16. The van der Waals surface area contributed by atoms with Crippen LogP contribution < -0.4 is 9.64 Å². The predicted molar refractivity (Wildman–Crippen MR) is 144 cm³/mol. The van der Waals surface area contributed by atoms with E-state index in [1.807, 2.05) is 54.6 Å². The Morgan fingerprint density at radius 2 is 1.69 bits per heavy atom. The molecule has 0 unspecified atom stereocenters. The molecule has 1 aliphatic rings. The Balaban J connectivity index is 1.44. The number of hydrogen-bond donors (Lipinski definition) is 0. The summed E-state index contributed by atoms with van der Waals surface area (Å²) >= 11 is 3.32. The Labute approximate surface area is 217 Å². The Hall–Kier alpha value is -3.75. The van der Waals surface area contributed by atoms with Crippen LogP contribution in [0.3, 0.4) is 0 Å². The quantitative estimate of drug-likeness (QED) is 0.0960. The number of benzene rings is 3. The molecule has 0 aromatic heterocycles. The summed E-state index contributed by atoms with van der Waals surface area (Å²) in [5.74, 6) is 0.681. The number of hydrogen-bond acceptors (Lipinski definition) is 5. The third kappa shape index (κ3) is 6.27. The number of para-hydroxylation sites is 1. The predicted octanol–water partition coefficient (Wildman–Crippen LogP) is 6.03. The number of nitrogens with zero attached hydrogens (tertiary/aromatic N) is 2. The van der Waals surface area contributed by atoms with Crippen molar-refractivity contribution in [2.75, 3.05) is 30.1 Å². The monoisotopic (exact) mass is 548 g/mol. The van der Waals surface area contributed by atoms with Crippen LogP contribution in [0.1, 0.15) is 16.7 Å². The van der Waals surface area contributed by atoms with Crippen LogP contribution in [0.15, 0.2) is 84.9 Å². The van der Waals surface area contributed by atoms with E-state index in [4.69, 9.17) is 9.47 Å². The molecule has 4 rings (SSSR count). The van der Waals surface area contributed by atoms with Gasteiger partial charge >= 0.3 is 0 Å². The maximum atomic E-state index is 13.3. The molecule has 0 saturated heterocycles. The summed E-state index contributed by atoms with van der Waals surface area (Å²) in [7, 11) is 0. The molecular weight excluding hydrogens is 524 g/mol. The van der Waals surface area contributed by atoms with Gasteiger partial charge in [0.05, 0.1) is 30.4 Å². The lowest BCUT2D eigenvalue weighted by Gasteiger charge is -2.17. The van der Waals surface area contributed by atoms with Gasteiger partial charge in [-0.2, -0.15) is 0 Å². The minimum atomic E-state index is -0.430. The molecule has 3 aromatic rings. The Bertz CT molecular complexity index is 1270. The summed E-state index contributed by atoms with van der Waals surface area (Å²) in [4.78, 5) is 25.5. The number of fused-ring (bicyclic) bond motifs is 1. The van der Waals surface area contributed by atoms with E-state index in [2.05, 4.69) is 15.9 Å². The number of carbonyl (C=O) groups excluding carboxylic acids is 1. The fourth-order valence-electron chi connectivity index (χ4n) is 3.84. The minimum absolute atomic E-state index is 0.0416. The van der Waals surface area contributed by atoms with Crippen LogP contribution >= 0.6 is 15.9 Å². The summed E-state index contributed by atoms with van der Waals surface area (Å²) in [6.07, 6.45) is 5.40. The van der Waals surface area contributed by atoms with E-state index in [0.29, 0.717) is 31.9 Å². The molecule has 0 N–H and O–H groups in total. The SMILES string of the molecule is O=C1C(=C/C=C/c2ccc([N+](=O)[O-])cc2)c2ccccc2N1Cc1ccc(OCCOCCBr)cc1. The second kappa shape index (κ2) is 12.3. The molecule has 0 spiro atoms. The second-order valence-electron chi connectivity index (χ2n) is 7.99. The number of halogens is 1. The van der Waals surface area contributed by atoms with E-state index in [0.717, 1.165) is 33.5 Å². The molecule has 1 amide bonds. The van der Waals surface area contributed by atoms with Gasteiger partial charge in [0.25, 0.3) is 11.6 Å². The zero-order chi connectivity index (χ0) is 25.3. The molecule has 184 valence electrons. The molecule has 0 bridgehead atoms. The van der Waals surface area contributed by atoms with Crippen molar-refractivity contribution in [2.45, 2.75) is 6.54 Å². The number of nitro groups is 1. The van der Waals surface area contributed by atoms with E-state index in [1.165, 1.54) is 12.1 Å². The van der Waals surface area contributed by atoms with Crippen molar-refractivity contribution in [3.8, 4) is 5.75 Å². The summed E-state index contributed by atoms with van der Waals surface area (Å²) in [6, 6.07) is 21.7. The molecule has 1 heterocycles. The number of ether oxygens (including phenoxy) is 2. The molecule has 7 nitrogen and oxygen atoms in total. The van der Waals surface area contributed by atoms with Crippen LogP contribution in [-0.4, -0.2) is 36.0 Å². The zero-order valence-corrected chi connectivity index (χ0v) is 21.1. The highest BCUT2D eigenvalue weighted by molar-refractivity contribution is 9.09. The van der Waals surface area contributed by atoms with Crippen molar-refractivity contribution < 1.29 is 19.2 Å². The topological polar surface area (TPSA) is 81.9 Å². The molecule has 0 aliphatic carbocycles. The third-order valence-corrected chi connectivity index (χ3v) is 5.92. The number of alkyl halides is 1. The van der Waals surface area contributed by atoms with Gasteiger partial charge in [0.15, 0.2) is 0 Å². The van der Waals surface area contributed by atoms with E-state index >= 15 is 0 Å². The summed E-state index contributed by atoms with van der Waals surface area (Å²) in [5, 5.41) is 11.6. The van der Waals surface area contributed by atoms with Crippen LogP contribution in [0.5, 0.6) is 5.75 Å². The fraction of sp³-hybridized carbons (Fsp3) is 0.179. The normalized spacial score (nSPS) is 14.0. The van der Waals surface area contributed by atoms with Gasteiger partial charge in [0.1, 0.15) is 12.4 Å². The smallest absolute Gasteiger partial charge is 0.269 e. The molecule has 8 heteroatoms. The van der Waals surface area contributed by atoms with Crippen LogP contribution in [0.25, 0.3) is 11.6 Å². The Morgan fingerprint density at radius 1 is 0.944 bits per heavy atom. The highest BCUT2D eigenvalue weighted by Gasteiger charge is 2.31. The van der Waals surface area contributed by atoms with Crippen molar-refractivity contribution in [1.82, 2.24) is 0 Å². The van der Waals surface area contributed by atoms with Gasteiger partial charge in [-0.15, -0.1) is 0 Å². The molecule has 0 fully saturated rings. The lowest BCUT2D eigenvalue weighted by Crippen LogP contribution is -2.25. The van der Waals surface area contributed by atoms with Gasteiger partial charge in [0, 0.05) is 28.6 Å². The lowest BCUT2D eigenvalue weighted by atomic mass is 10.1. The van der Waals surface area contributed by atoms with Gasteiger partial charge in [-0.3, -0.25) is 14.9 Å². The number of amides is 1. The van der Waals surface area contributed by atoms with Crippen LogP contribution in [-0.2, 0) is 16.1 Å². The molecule has 36 heavy (non-hydrogen) atoms. The van der Waals surface area contributed by atoms with Crippen molar-refractivity contribution in [3.05, 3.63) is 112 Å². The van der Waals surface area contributed by atoms with E-state index in [-0.39, 0.29) is 11.6 Å². The highest BCUT2D eigenvalue weighted by Crippen LogP contribution is 2.37. The van der Waals surface area contributed by atoms with Crippen molar-refractivity contribution in [3.63, 3.8) is 0 Å². The van der Waals surface area contributed by atoms with Gasteiger partial charge in [0.2, 0.25) is 0 Å². The molecule has 3 aromatic carbocycles. The van der Waals surface area contributed by atoms with Gasteiger partial charge in [-0.1, -0.05) is 58.4 Å². The average molecular weight is 549 g/mol.